The Hall–Kier alpha value is -1.87. The molecule has 0 saturated heterocycles. The zero-order chi connectivity index (χ0) is 12.4. The number of pyridine rings is 1. The zero-order valence-corrected chi connectivity index (χ0v) is 10.1. The lowest BCUT2D eigenvalue weighted by atomic mass is 10.2. The van der Waals surface area contributed by atoms with E-state index in [1.807, 2.05) is 42.8 Å². The van der Waals surface area contributed by atoms with E-state index in [2.05, 4.69) is 6.07 Å². The summed E-state index contributed by atoms with van der Waals surface area (Å²) in [5.41, 5.74) is 9.37. The van der Waals surface area contributed by atoms with Gasteiger partial charge in [0.15, 0.2) is 5.43 Å². The van der Waals surface area contributed by atoms with Gasteiger partial charge in [0, 0.05) is 35.8 Å². The second-order valence-electron chi connectivity index (χ2n) is 4.22. The first-order valence-corrected chi connectivity index (χ1v) is 5.61. The van der Waals surface area contributed by atoms with Crippen molar-refractivity contribution in [3.05, 3.63) is 63.6 Å². The van der Waals surface area contributed by atoms with Crippen molar-refractivity contribution in [1.82, 2.24) is 4.57 Å². The Morgan fingerprint density at radius 3 is 2.65 bits per heavy atom. The molecule has 0 unspecified atom stereocenters. The molecule has 88 valence electrons. The molecule has 3 heteroatoms. The molecule has 0 aliphatic carbocycles. The van der Waals surface area contributed by atoms with Crippen LogP contribution in [0.4, 0.5) is 0 Å². The molecule has 0 fully saturated rings. The largest absolute Gasteiger partial charge is 0.326 e. The molecular weight excluding hydrogens is 212 g/mol. The predicted molar refractivity (Wildman–Crippen MR) is 69.4 cm³/mol. The minimum Gasteiger partial charge on any atom is -0.326 e. The van der Waals surface area contributed by atoms with Crippen molar-refractivity contribution in [3.63, 3.8) is 0 Å². The number of hydrogen-bond acceptors (Lipinski definition) is 2. The SMILES string of the molecule is Cc1cccc(-n2cc(CN)c(=O)cc2C)c1. The molecule has 1 aromatic heterocycles. The van der Waals surface area contributed by atoms with Crippen LogP contribution in [0.5, 0.6) is 0 Å². The topological polar surface area (TPSA) is 48.0 Å². The maximum absolute atomic E-state index is 11.6. The number of benzene rings is 1. The fraction of sp³-hybridized carbons (Fsp3) is 0.214. The third kappa shape index (κ3) is 2.29. The Bertz CT molecular complexity index is 599. The molecule has 0 aliphatic heterocycles. The third-order valence-electron chi connectivity index (χ3n) is 2.82. The Balaban J connectivity index is 2.63. The molecule has 1 aromatic carbocycles. The van der Waals surface area contributed by atoms with Crippen LogP contribution in [0.15, 0.2) is 41.3 Å². The van der Waals surface area contributed by atoms with Crippen LogP contribution in [0.3, 0.4) is 0 Å². The number of hydrogen-bond donors (Lipinski definition) is 1. The monoisotopic (exact) mass is 228 g/mol. The summed E-state index contributed by atoms with van der Waals surface area (Å²) in [6.07, 6.45) is 1.83. The van der Waals surface area contributed by atoms with Gasteiger partial charge in [-0.25, -0.2) is 0 Å². The summed E-state index contributed by atoms with van der Waals surface area (Å²) in [5.74, 6) is 0. The molecule has 17 heavy (non-hydrogen) atoms. The minimum atomic E-state index is 0.00824. The number of aromatic nitrogens is 1. The molecule has 0 spiro atoms. The van der Waals surface area contributed by atoms with Crippen molar-refractivity contribution < 1.29 is 0 Å². The van der Waals surface area contributed by atoms with Gasteiger partial charge in [-0.2, -0.15) is 0 Å². The third-order valence-corrected chi connectivity index (χ3v) is 2.82. The van der Waals surface area contributed by atoms with E-state index >= 15 is 0 Å². The minimum absolute atomic E-state index is 0.00824. The highest BCUT2D eigenvalue weighted by Crippen LogP contribution is 2.12. The molecule has 0 saturated carbocycles. The molecule has 0 bridgehead atoms. The molecule has 3 nitrogen and oxygen atoms in total. The van der Waals surface area contributed by atoms with Gasteiger partial charge in [-0.05, 0) is 31.5 Å². The second-order valence-corrected chi connectivity index (χ2v) is 4.22. The van der Waals surface area contributed by atoms with Crippen molar-refractivity contribution in [3.8, 4) is 5.69 Å². The van der Waals surface area contributed by atoms with Gasteiger partial charge in [-0.1, -0.05) is 12.1 Å². The lowest BCUT2D eigenvalue weighted by molar-refractivity contribution is 0.922. The molecule has 2 aromatic rings. The fourth-order valence-corrected chi connectivity index (χ4v) is 1.88. The molecule has 1 heterocycles. The van der Waals surface area contributed by atoms with Gasteiger partial charge in [0.05, 0.1) is 0 Å². The van der Waals surface area contributed by atoms with Crippen LogP contribution < -0.4 is 11.2 Å². The number of nitrogens with zero attached hydrogens (tertiary/aromatic N) is 1. The summed E-state index contributed by atoms with van der Waals surface area (Å²) in [6, 6.07) is 9.78. The molecule has 0 atom stereocenters. The number of nitrogens with two attached hydrogens (primary N) is 1. The van der Waals surface area contributed by atoms with Crippen LogP contribution in [0.1, 0.15) is 16.8 Å². The van der Waals surface area contributed by atoms with E-state index in [9.17, 15) is 4.79 Å². The molecule has 2 rings (SSSR count). The molecule has 0 radical (unpaired) electrons. The van der Waals surface area contributed by atoms with E-state index in [0.29, 0.717) is 5.56 Å². The highest BCUT2D eigenvalue weighted by Gasteiger charge is 2.04. The summed E-state index contributed by atoms with van der Waals surface area (Å²) in [5, 5.41) is 0. The van der Waals surface area contributed by atoms with E-state index in [1.54, 1.807) is 6.07 Å². The van der Waals surface area contributed by atoms with Crippen molar-refractivity contribution in [1.29, 1.82) is 0 Å². The maximum atomic E-state index is 11.6. The Labute approximate surface area is 101 Å². The average molecular weight is 228 g/mol. The van der Waals surface area contributed by atoms with Crippen LogP contribution in [0.25, 0.3) is 5.69 Å². The van der Waals surface area contributed by atoms with Gasteiger partial charge >= 0.3 is 0 Å². The highest BCUT2D eigenvalue weighted by molar-refractivity contribution is 5.38. The molecular formula is C14H16N2O. The highest BCUT2D eigenvalue weighted by atomic mass is 16.1. The van der Waals surface area contributed by atoms with E-state index in [1.165, 1.54) is 5.56 Å². The van der Waals surface area contributed by atoms with Crippen molar-refractivity contribution >= 4 is 0 Å². The summed E-state index contributed by atoms with van der Waals surface area (Å²) in [6.45, 7) is 4.24. The lowest BCUT2D eigenvalue weighted by Crippen LogP contribution is -2.16. The van der Waals surface area contributed by atoms with E-state index in [0.717, 1.165) is 11.4 Å². The van der Waals surface area contributed by atoms with Crippen molar-refractivity contribution in [2.24, 2.45) is 5.73 Å². The van der Waals surface area contributed by atoms with Crippen molar-refractivity contribution in [2.75, 3.05) is 0 Å². The molecule has 2 N–H and O–H groups in total. The quantitative estimate of drug-likeness (QED) is 0.853. The molecule has 0 aliphatic rings. The van der Waals surface area contributed by atoms with E-state index in [-0.39, 0.29) is 12.0 Å². The normalized spacial score (nSPS) is 10.5. The first kappa shape index (κ1) is 11.6. The number of rotatable bonds is 2. The lowest BCUT2D eigenvalue weighted by Gasteiger charge is -2.12. The Morgan fingerprint density at radius 2 is 2.00 bits per heavy atom. The van der Waals surface area contributed by atoms with Gasteiger partial charge in [-0.3, -0.25) is 4.79 Å². The first-order valence-electron chi connectivity index (χ1n) is 5.61. The van der Waals surface area contributed by atoms with Gasteiger partial charge in [0.25, 0.3) is 0 Å². The average Bonchev–Trinajstić information content (AvgIpc) is 2.29. The Kier molecular flexibility index (Phi) is 3.11. The van der Waals surface area contributed by atoms with Crippen LogP contribution in [-0.4, -0.2) is 4.57 Å². The van der Waals surface area contributed by atoms with Crippen LogP contribution >= 0.6 is 0 Å². The standard InChI is InChI=1S/C14H16N2O/c1-10-4-3-5-13(6-10)16-9-12(8-15)14(17)7-11(16)2/h3-7,9H,8,15H2,1-2H3. The summed E-state index contributed by atoms with van der Waals surface area (Å²) < 4.78 is 2.00. The van der Waals surface area contributed by atoms with Crippen LogP contribution in [0, 0.1) is 13.8 Å². The predicted octanol–water partition coefficient (Wildman–Crippen LogP) is 1.91. The number of aryl methyl sites for hydroxylation is 2. The van der Waals surface area contributed by atoms with Gasteiger partial charge in [0.1, 0.15) is 0 Å². The van der Waals surface area contributed by atoms with Gasteiger partial charge in [-0.15, -0.1) is 0 Å². The zero-order valence-electron chi connectivity index (χ0n) is 10.1. The summed E-state index contributed by atoms with van der Waals surface area (Å²) in [7, 11) is 0. The van der Waals surface area contributed by atoms with E-state index in [4.69, 9.17) is 5.73 Å². The van der Waals surface area contributed by atoms with Crippen LogP contribution in [0.2, 0.25) is 0 Å². The van der Waals surface area contributed by atoms with Gasteiger partial charge < -0.3 is 10.3 Å². The fourth-order valence-electron chi connectivity index (χ4n) is 1.88. The maximum Gasteiger partial charge on any atom is 0.186 e. The first-order chi connectivity index (χ1) is 8.11. The van der Waals surface area contributed by atoms with Crippen LogP contribution in [-0.2, 0) is 6.54 Å². The van der Waals surface area contributed by atoms with E-state index < -0.39 is 0 Å². The second kappa shape index (κ2) is 4.55. The van der Waals surface area contributed by atoms with Crippen molar-refractivity contribution in [2.45, 2.75) is 20.4 Å². The summed E-state index contributed by atoms with van der Waals surface area (Å²) >= 11 is 0. The summed E-state index contributed by atoms with van der Waals surface area (Å²) in [4.78, 5) is 11.6. The smallest absolute Gasteiger partial charge is 0.186 e. The molecule has 0 amide bonds. The Morgan fingerprint density at radius 1 is 1.24 bits per heavy atom. The van der Waals surface area contributed by atoms with Gasteiger partial charge in [0.2, 0.25) is 0 Å².